The average Bonchev–Trinajstić information content (AvgIpc) is 3.22. The van der Waals surface area contributed by atoms with Gasteiger partial charge >= 0.3 is 6.18 Å². The van der Waals surface area contributed by atoms with Crippen molar-refractivity contribution in [2.75, 3.05) is 13.2 Å². The van der Waals surface area contributed by atoms with Gasteiger partial charge in [0.1, 0.15) is 5.69 Å². The molecule has 0 spiro atoms. The number of pyridine rings is 1. The van der Waals surface area contributed by atoms with Gasteiger partial charge in [0.25, 0.3) is 5.91 Å². The Morgan fingerprint density at radius 2 is 2.06 bits per heavy atom. The zero-order valence-electron chi connectivity index (χ0n) is 20.0. The molecule has 35 heavy (non-hydrogen) atoms. The van der Waals surface area contributed by atoms with Gasteiger partial charge in [-0.25, -0.2) is 9.67 Å². The van der Waals surface area contributed by atoms with Crippen LogP contribution in [0.1, 0.15) is 51.0 Å². The quantitative estimate of drug-likeness (QED) is 0.419. The first-order valence-corrected chi connectivity index (χ1v) is 11.5. The van der Waals surface area contributed by atoms with Gasteiger partial charge in [0.15, 0.2) is 12.4 Å². The van der Waals surface area contributed by atoms with E-state index in [1.807, 2.05) is 20.8 Å². The molecule has 7 nitrogen and oxygen atoms in total. The molecule has 0 aliphatic rings. The summed E-state index contributed by atoms with van der Waals surface area (Å²) < 4.78 is 43.9. The normalized spacial score (nSPS) is 13.3. The fraction of sp³-hybridized carbons (Fsp3) is 0.458. The van der Waals surface area contributed by atoms with Gasteiger partial charge in [0.05, 0.1) is 10.9 Å². The fourth-order valence-electron chi connectivity index (χ4n) is 3.16. The molecular weight excluding hydrogens is 483 g/mol. The van der Waals surface area contributed by atoms with Gasteiger partial charge in [-0.15, -0.1) is 11.5 Å². The first-order valence-electron chi connectivity index (χ1n) is 11.1. The molecule has 0 bridgehead atoms. The summed E-state index contributed by atoms with van der Waals surface area (Å²) in [5.74, 6) is 1.23. The molecule has 0 fully saturated rings. The lowest BCUT2D eigenvalue weighted by Crippen LogP contribution is -2.32. The molecule has 190 valence electrons. The van der Waals surface area contributed by atoms with E-state index in [4.69, 9.17) is 22.8 Å². The Hall–Kier alpha value is -3.03. The summed E-state index contributed by atoms with van der Waals surface area (Å²) in [6.07, 6.45) is 4.03. The van der Waals surface area contributed by atoms with E-state index < -0.39 is 30.5 Å². The lowest BCUT2D eigenvalue weighted by Gasteiger charge is -2.20. The van der Waals surface area contributed by atoms with E-state index >= 15 is 0 Å². The summed E-state index contributed by atoms with van der Waals surface area (Å²) in [6, 6.07) is 4.41. The second-order valence-corrected chi connectivity index (χ2v) is 8.54. The maximum atomic E-state index is 13.4. The third-order valence-electron chi connectivity index (χ3n) is 4.83. The van der Waals surface area contributed by atoms with Gasteiger partial charge in [-0.2, -0.15) is 13.2 Å². The molecule has 0 radical (unpaired) electrons. The molecule has 2 heterocycles. The average molecular weight is 512 g/mol. The van der Waals surface area contributed by atoms with Crippen LogP contribution in [-0.2, 0) is 0 Å². The standard InChI is InChI=1S/C24H29ClF3N5O2/c1-6-9-17(13-30-15(3)4)21(16(5)7-2)31-23(34)19-12-20(35-14-24(26,27)28)32-33(19)22-18(25)10-8-11-29-22/h2,8,10-12,15-16,30H,6,9,13-14H2,1,3-5H3,(H,31,34)/b21-17-. The van der Waals surface area contributed by atoms with E-state index in [9.17, 15) is 18.0 Å². The van der Waals surface area contributed by atoms with Crippen LogP contribution in [0.4, 0.5) is 13.2 Å². The van der Waals surface area contributed by atoms with Crippen molar-refractivity contribution < 1.29 is 22.7 Å². The van der Waals surface area contributed by atoms with Crippen molar-refractivity contribution in [2.24, 2.45) is 5.92 Å². The number of nitrogens with one attached hydrogen (secondary N) is 2. The van der Waals surface area contributed by atoms with Crippen LogP contribution in [0.3, 0.4) is 0 Å². The third kappa shape index (κ3) is 8.30. The summed E-state index contributed by atoms with van der Waals surface area (Å²) in [7, 11) is 0. The molecule has 11 heteroatoms. The zero-order chi connectivity index (χ0) is 26.2. The molecule has 0 aliphatic heterocycles. The van der Waals surface area contributed by atoms with Gasteiger partial charge < -0.3 is 15.4 Å². The zero-order valence-corrected chi connectivity index (χ0v) is 20.8. The van der Waals surface area contributed by atoms with Crippen molar-refractivity contribution in [3.05, 3.63) is 46.4 Å². The van der Waals surface area contributed by atoms with Crippen LogP contribution >= 0.6 is 11.6 Å². The number of alkyl halides is 3. The number of hydrogen-bond acceptors (Lipinski definition) is 5. The molecular formula is C24H29ClF3N5O2. The van der Waals surface area contributed by atoms with E-state index in [1.165, 1.54) is 12.3 Å². The lowest BCUT2D eigenvalue weighted by atomic mass is 9.99. The molecule has 0 aliphatic carbocycles. The minimum Gasteiger partial charge on any atom is -0.467 e. The predicted molar refractivity (Wildman–Crippen MR) is 128 cm³/mol. The van der Waals surface area contributed by atoms with E-state index in [-0.39, 0.29) is 22.6 Å². The van der Waals surface area contributed by atoms with Crippen LogP contribution < -0.4 is 15.4 Å². The Bertz CT molecular complexity index is 1090. The summed E-state index contributed by atoms with van der Waals surface area (Å²) in [5.41, 5.74) is 1.36. The second kappa shape index (κ2) is 12.6. The van der Waals surface area contributed by atoms with E-state index in [0.717, 1.165) is 22.7 Å². The molecule has 0 saturated heterocycles. The Balaban J connectivity index is 2.52. The number of halogens is 4. The third-order valence-corrected chi connectivity index (χ3v) is 5.13. The monoisotopic (exact) mass is 511 g/mol. The molecule has 2 rings (SSSR count). The number of rotatable bonds is 11. The van der Waals surface area contributed by atoms with Crippen molar-refractivity contribution in [3.8, 4) is 24.0 Å². The highest BCUT2D eigenvalue weighted by molar-refractivity contribution is 6.32. The number of aromatic nitrogens is 3. The maximum Gasteiger partial charge on any atom is 0.422 e. The second-order valence-electron chi connectivity index (χ2n) is 8.14. The molecule has 2 N–H and O–H groups in total. The Morgan fingerprint density at radius 1 is 1.34 bits per heavy atom. The van der Waals surface area contributed by atoms with E-state index in [2.05, 4.69) is 26.6 Å². The molecule has 2 aromatic heterocycles. The fourth-order valence-corrected chi connectivity index (χ4v) is 3.36. The van der Waals surface area contributed by atoms with Gasteiger partial charge in [-0.05, 0) is 31.1 Å². The highest BCUT2D eigenvalue weighted by Crippen LogP contribution is 2.25. The van der Waals surface area contributed by atoms with Crippen LogP contribution in [0.5, 0.6) is 5.88 Å². The van der Waals surface area contributed by atoms with Gasteiger partial charge in [-0.3, -0.25) is 4.79 Å². The number of nitrogens with zero attached hydrogens (tertiary/aromatic N) is 3. The molecule has 0 saturated carbocycles. The summed E-state index contributed by atoms with van der Waals surface area (Å²) in [5, 5.41) is 10.3. The van der Waals surface area contributed by atoms with Crippen LogP contribution in [-0.4, -0.2) is 46.0 Å². The first kappa shape index (κ1) is 28.2. The number of amides is 1. The number of terminal acetylenes is 1. The van der Waals surface area contributed by atoms with Gasteiger partial charge in [-0.1, -0.05) is 44.7 Å². The van der Waals surface area contributed by atoms with Crippen LogP contribution in [0.15, 0.2) is 35.7 Å². The summed E-state index contributed by atoms with van der Waals surface area (Å²) >= 11 is 6.22. The number of carbonyl (C=O) groups is 1. The molecule has 1 atom stereocenters. The molecule has 1 amide bonds. The van der Waals surface area contributed by atoms with Crippen molar-refractivity contribution in [1.29, 1.82) is 0 Å². The number of hydrogen-bond donors (Lipinski definition) is 2. The van der Waals surface area contributed by atoms with Crippen molar-refractivity contribution in [2.45, 2.75) is 52.8 Å². The minimum atomic E-state index is -4.58. The highest BCUT2D eigenvalue weighted by Gasteiger charge is 2.30. The predicted octanol–water partition coefficient (Wildman–Crippen LogP) is 4.91. The number of ether oxygens (including phenoxy) is 1. The molecule has 1 unspecified atom stereocenters. The number of allylic oxidation sites excluding steroid dienone is 1. The van der Waals surface area contributed by atoms with Gasteiger partial charge in [0.2, 0.25) is 5.88 Å². The smallest absolute Gasteiger partial charge is 0.422 e. The van der Waals surface area contributed by atoms with E-state index in [0.29, 0.717) is 18.7 Å². The Morgan fingerprint density at radius 3 is 2.63 bits per heavy atom. The molecule has 2 aromatic rings. The topological polar surface area (TPSA) is 81.1 Å². The maximum absolute atomic E-state index is 13.4. The SMILES string of the molecule is C#CC(C)/C(NC(=O)c1cc(OCC(F)(F)F)nn1-c1ncccc1Cl)=C(\CCC)CNC(C)C. The highest BCUT2D eigenvalue weighted by atomic mass is 35.5. The van der Waals surface area contributed by atoms with Crippen molar-refractivity contribution in [1.82, 2.24) is 25.4 Å². The van der Waals surface area contributed by atoms with Crippen molar-refractivity contribution in [3.63, 3.8) is 0 Å². The minimum absolute atomic E-state index is 0.0620. The number of carbonyl (C=O) groups excluding carboxylic acids is 1. The summed E-state index contributed by atoms with van der Waals surface area (Å²) in [4.78, 5) is 17.5. The first-order chi connectivity index (χ1) is 16.5. The lowest BCUT2D eigenvalue weighted by molar-refractivity contribution is -0.154. The Kier molecular flexibility index (Phi) is 10.2. The van der Waals surface area contributed by atoms with Crippen LogP contribution in [0.2, 0.25) is 5.02 Å². The van der Waals surface area contributed by atoms with E-state index in [1.54, 1.807) is 13.0 Å². The largest absolute Gasteiger partial charge is 0.467 e. The van der Waals surface area contributed by atoms with Crippen LogP contribution in [0.25, 0.3) is 5.82 Å². The van der Waals surface area contributed by atoms with Crippen molar-refractivity contribution >= 4 is 17.5 Å². The Labute approximate surface area is 208 Å². The molecule has 0 aromatic carbocycles. The van der Waals surface area contributed by atoms with Gasteiger partial charge in [0, 0.05) is 30.5 Å². The van der Waals surface area contributed by atoms with Crippen LogP contribution in [0, 0.1) is 18.3 Å². The summed E-state index contributed by atoms with van der Waals surface area (Å²) in [6.45, 7) is 6.75.